The van der Waals surface area contributed by atoms with Crippen molar-refractivity contribution in [3.8, 4) is 0 Å². The molecule has 0 saturated heterocycles. The SMILES string of the molecule is CCC[N+](C)(C)c1cccnn1. The van der Waals surface area contributed by atoms with E-state index in [1.807, 2.05) is 12.1 Å². The van der Waals surface area contributed by atoms with Gasteiger partial charge in [0.1, 0.15) is 0 Å². The lowest BCUT2D eigenvalue weighted by Crippen LogP contribution is -2.41. The second-order valence-electron chi connectivity index (χ2n) is 3.49. The lowest BCUT2D eigenvalue weighted by atomic mass is 10.3. The first-order valence-electron chi connectivity index (χ1n) is 4.28. The zero-order valence-corrected chi connectivity index (χ0v) is 7.99. The van der Waals surface area contributed by atoms with Crippen LogP contribution in [0.3, 0.4) is 0 Å². The molecule has 0 atom stereocenters. The summed E-state index contributed by atoms with van der Waals surface area (Å²) in [4.78, 5) is 0. The van der Waals surface area contributed by atoms with E-state index >= 15 is 0 Å². The van der Waals surface area contributed by atoms with E-state index in [-0.39, 0.29) is 0 Å². The van der Waals surface area contributed by atoms with Gasteiger partial charge in [-0.2, -0.15) is 5.10 Å². The molecule has 66 valence electrons. The number of rotatable bonds is 3. The Morgan fingerprint density at radius 1 is 1.42 bits per heavy atom. The number of nitrogens with zero attached hydrogens (tertiary/aromatic N) is 3. The van der Waals surface area contributed by atoms with Crippen LogP contribution in [0.15, 0.2) is 18.3 Å². The lowest BCUT2D eigenvalue weighted by Gasteiger charge is -2.26. The summed E-state index contributed by atoms with van der Waals surface area (Å²) in [5.41, 5.74) is 0. The van der Waals surface area contributed by atoms with Gasteiger partial charge in [-0.1, -0.05) is 12.0 Å². The van der Waals surface area contributed by atoms with Crippen LogP contribution in [0.1, 0.15) is 13.3 Å². The molecule has 3 nitrogen and oxygen atoms in total. The van der Waals surface area contributed by atoms with Gasteiger partial charge in [0.2, 0.25) is 5.82 Å². The van der Waals surface area contributed by atoms with Crippen molar-refractivity contribution in [1.29, 1.82) is 0 Å². The molecular formula is C9H16N3+. The number of hydrogen-bond acceptors (Lipinski definition) is 2. The maximum Gasteiger partial charge on any atom is 0.246 e. The van der Waals surface area contributed by atoms with E-state index in [1.165, 1.54) is 0 Å². The van der Waals surface area contributed by atoms with Crippen LogP contribution in [0.2, 0.25) is 0 Å². The smallest absolute Gasteiger partial charge is 0.246 e. The normalized spacial score (nSPS) is 11.6. The molecule has 1 heterocycles. The summed E-state index contributed by atoms with van der Waals surface area (Å²) < 4.78 is 0.810. The van der Waals surface area contributed by atoms with Crippen molar-refractivity contribution in [2.75, 3.05) is 20.6 Å². The van der Waals surface area contributed by atoms with Gasteiger partial charge in [-0.15, -0.1) is 0 Å². The van der Waals surface area contributed by atoms with E-state index in [0.717, 1.165) is 23.3 Å². The molecule has 0 unspecified atom stereocenters. The maximum absolute atomic E-state index is 4.09. The number of aromatic nitrogens is 2. The third-order valence-corrected chi connectivity index (χ3v) is 1.96. The summed E-state index contributed by atoms with van der Waals surface area (Å²) in [5, 5.41) is 7.96. The molecule has 0 N–H and O–H groups in total. The Hall–Kier alpha value is -0.960. The molecule has 0 fully saturated rings. The summed E-state index contributed by atoms with van der Waals surface area (Å²) in [7, 11) is 4.29. The summed E-state index contributed by atoms with van der Waals surface area (Å²) in [6.45, 7) is 3.27. The minimum atomic E-state index is 0.810. The van der Waals surface area contributed by atoms with Crippen LogP contribution in [0.25, 0.3) is 0 Å². The van der Waals surface area contributed by atoms with E-state index in [4.69, 9.17) is 0 Å². The Morgan fingerprint density at radius 2 is 2.17 bits per heavy atom. The predicted molar refractivity (Wildman–Crippen MR) is 50.8 cm³/mol. The zero-order chi connectivity index (χ0) is 9.03. The Labute approximate surface area is 73.6 Å². The van der Waals surface area contributed by atoms with Crippen LogP contribution in [-0.4, -0.2) is 30.8 Å². The Balaban J connectivity index is 2.82. The van der Waals surface area contributed by atoms with Crippen molar-refractivity contribution in [3.05, 3.63) is 18.3 Å². The van der Waals surface area contributed by atoms with Crippen molar-refractivity contribution in [3.63, 3.8) is 0 Å². The molecule has 0 aromatic carbocycles. The van der Waals surface area contributed by atoms with Crippen LogP contribution in [-0.2, 0) is 0 Å². The Morgan fingerprint density at radius 3 is 2.67 bits per heavy atom. The minimum Gasteiger partial charge on any atom is -0.278 e. The predicted octanol–water partition coefficient (Wildman–Crippen LogP) is 1.45. The topological polar surface area (TPSA) is 25.8 Å². The van der Waals surface area contributed by atoms with Gasteiger partial charge in [0.25, 0.3) is 0 Å². The van der Waals surface area contributed by atoms with Gasteiger partial charge < -0.3 is 0 Å². The fraction of sp³-hybridized carbons (Fsp3) is 0.556. The van der Waals surface area contributed by atoms with Crippen LogP contribution >= 0.6 is 0 Å². The molecule has 0 spiro atoms. The van der Waals surface area contributed by atoms with Gasteiger partial charge in [0.15, 0.2) is 0 Å². The quantitative estimate of drug-likeness (QED) is 0.635. The standard InChI is InChI=1S/C9H16N3/c1-4-8-12(2,3)9-6-5-7-10-11-9/h5-7H,4,8H2,1-3H3/q+1. The summed E-state index contributed by atoms with van der Waals surface area (Å²) >= 11 is 0. The largest absolute Gasteiger partial charge is 0.278 e. The van der Waals surface area contributed by atoms with Crippen molar-refractivity contribution in [2.45, 2.75) is 13.3 Å². The summed E-state index contributed by atoms with van der Waals surface area (Å²) in [6.07, 6.45) is 2.86. The van der Waals surface area contributed by atoms with E-state index in [2.05, 4.69) is 31.2 Å². The molecule has 3 heteroatoms. The highest BCUT2D eigenvalue weighted by molar-refractivity contribution is 5.29. The monoisotopic (exact) mass is 166 g/mol. The Bertz CT molecular complexity index is 231. The summed E-state index contributed by atoms with van der Waals surface area (Å²) in [5.74, 6) is 1.03. The molecule has 0 amide bonds. The van der Waals surface area contributed by atoms with Gasteiger partial charge in [0.05, 0.1) is 26.8 Å². The fourth-order valence-corrected chi connectivity index (χ4v) is 1.29. The number of quaternary nitrogens is 1. The second kappa shape index (κ2) is 3.63. The van der Waals surface area contributed by atoms with E-state index < -0.39 is 0 Å². The molecule has 1 aromatic heterocycles. The third-order valence-electron chi connectivity index (χ3n) is 1.96. The third kappa shape index (κ3) is 2.01. The molecule has 0 radical (unpaired) electrons. The van der Waals surface area contributed by atoms with Gasteiger partial charge in [-0.05, 0) is 12.5 Å². The van der Waals surface area contributed by atoms with Gasteiger partial charge in [-0.25, -0.2) is 0 Å². The highest BCUT2D eigenvalue weighted by atomic mass is 15.4. The molecule has 0 aliphatic rings. The zero-order valence-electron chi connectivity index (χ0n) is 7.99. The molecule has 0 aliphatic carbocycles. The van der Waals surface area contributed by atoms with Gasteiger partial charge in [0, 0.05) is 6.07 Å². The highest BCUT2D eigenvalue weighted by Gasteiger charge is 2.18. The first kappa shape index (κ1) is 9.13. The summed E-state index contributed by atoms with van der Waals surface area (Å²) in [6, 6.07) is 3.95. The van der Waals surface area contributed by atoms with Crippen molar-refractivity contribution < 1.29 is 0 Å². The van der Waals surface area contributed by atoms with E-state index in [1.54, 1.807) is 6.20 Å². The number of hydrogen-bond donors (Lipinski definition) is 0. The molecule has 0 bridgehead atoms. The minimum absolute atomic E-state index is 0.810. The van der Waals surface area contributed by atoms with Crippen LogP contribution in [0, 0.1) is 0 Å². The molecule has 1 aromatic rings. The van der Waals surface area contributed by atoms with Crippen molar-refractivity contribution >= 4 is 5.82 Å². The average Bonchev–Trinajstić information content (AvgIpc) is 2.06. The molecule has 0 aliphatic heterocycles. The first-order chi connectivity index (χ1) is 5.67. The fourth-order valence-electron chi connectivity index (χ4n) is 1.29. The van der Waals surface area contributed by atoms with Crippen LogP contribution in [0.4, 0.5) is 5.82 Å². The Kier molecular flexibility index (Phi) is 2.76. The second-order valence-corrected chi connectivity index (χ2v) is 3.49. The molecule has 12 heavy (non-hydrogen) atoms. The first-order valence-corrected chi connectivity index (χ1v) is 4.28. The molecular weight excluding hydrogens is 150 g/mol. The lowest BCUT2D eigenvalue weighted by molar-refractivity contribution is 0.385. The average molecular weight is 166 g/mol. The van der Waals surface area contributed by atoms with Crippen molar-refractivity contribution in [2.24, 2.45) is 0 Å². The van der Waals surface area contributed by atoms with Crippen LogP contribution < -0.4 is 4.48 Å². The van der Waals surface area contributed by atoms with E-state index in [0.29, 0.717) is 0 Å². The van der Waals surface area contributed by atoms with Crippen LogP contribution in [0.5, 0.6) is 0 Å². The van der Waals surface area contributed by atoms with Gasteiger partial charge in [-0.3, -0.25) is 4.48 Å². The maximum atomic E-state index is 4.09. The molecule has 1 rings (SSSR count). The van der Waals surface area contributed by atoms with Crippen molar-refractivity contribution in [1.82, 2.24) is 14.7 Å². The molecule has 0 saturated carbocycles. The highest BCUT2D eigenvalue weighted by Crippen LogP contribution is 2.13. The van der Waals surface area contributed by atoms with Gasteiger partial charge >= 0.3 is 0 Å². The van der Waals surface area contributed by atoms with E-state index in [9.17, 15) is 0 Å².